The SMILES string of the molecule is C=C1/C=C(c2ccc3c(c2)c2ccccc2n3-c2cccc3c2sc2ccccc23)\C=C/N(c2ccccc2)c2ccc(-c3cccc(-c4ccccc4Nc4ccccc4)c3)cc21. The van der Waals surface area contributed by atoms with Crippen LogP contribution in [0.5, 0.6) is 0 Å². The molecule has 2 aromatic heterocycles. The monoisotopic (exact) mass is 835 g/mol. The zero-order valence-electron chi connectivity index (χ0n) is 34.9. The molecular formula is C60H41N3S. The lowest BCUT2D eigenvalue weighted by atomic mass is 9.92. The number of rotatable bonds is 7. The fraction of sp³-hybridized carbons (Fsp3) is 0. The van der Waals surface area contributed by atoms with Gasteiger partial charge < -0.3 is 14.8 Å². The van der Waals surface area contributed by atoms with Gasteiger partial charge in [-0.3, -0.25) is 0 Å². The maximum atomic E-state index is 4.77. The molecule has 3 heterocycles. The van der Waals surface area contributed by atoms with E-state index in [2.05, 4.69) is 239 Å². The van der Waals surface area contributed by atoms with E-state index in [1.54, 1.807) is 0 Å². The van der Waals surface area contributed by atoms with Gasteiger partial charge in [0.1, 0.15) is 0 Å². The highest BCUT2D eigenvalue weighted by Crippen LogP contribution is 2.43. The van der Waals surface area contributed by atoms with Gasteiger partial charge in [-0.25, -0.2) is 0 Å². The van der Waals surface area contributed by atoms with Gasteiger partial charge in [0.05, 0.1) is 27.1 Å². The highest BCUT2D eigenvalue weighted by Gasteiger charge is 2.20. The maximum absolute atomic E-state index is 4.77. The summed E-state index contributed by atoms with van der Waals surface area (Å²) in [6.45, 7) is 4.77. The number of hydrogen-bond acceptors (Lipinski definition) is 3. The Kier molecular flexibility index (Phi) is 9.17. The number of hydrogen-bond donors (Lipinski definition) is 1. The molecule has 1 aliphatic heterocycles. The van der Waals surface area contributed by atoms with E-state index in [0.29, 0.717) is 0 Å². The van der Waals surface area contributed by atoms with E-state index >= 15 is 0 Å². The first-order valence-corrected chi connectivity index (χ1v) is 22.5. The van der Waals surface area contributed by atoms with Crippen LogP contribution in [-0.4, -0.2) is 4.57 Å². The molecule has 0 unspecified atom stereocenters. The van der Waals surface area contributed by atoms with Crippen LogP contribution in [0.3, 0.4) is 0 Å². The van der Waals surface area contributed by atoms with Crippen LogP contribution in [0.4, 0.5) is 22.7 Å². The Morgan fingerprint density at radius 2 is 1.14 bits per heavy atom. The maximum Gasteiger partial charge on any atom is 0.0640 e. The van der Waals surface area contributed by atoms with Gasteiger partial charge in [0.2, 0.25) is 0 Å². The topological polar surface area (TPSA) is 20.2 Å². The quantitative estimate of drug-likeness (QED) is 0.173. The first kappa shape index (κ1) is 37.6. The zero-order chi connectivity index (χ0) is 42.6. The average Bonchev–Trinajstić information content (AvgIpc) is 3.90. The number of allylic oxidation sites excluding steroid dienone is 4. The molecule has 0 saturated carbocycles. The first-order chi connectivity index (χ1) is 31.6. The third-order valence-electron chi connectivity index (χ3n) is 12.5. The van der Waals surface area contributed by atoms with Crippen LogP contribution in [-0.2, 0) is 0 Å². The highest BCUT2D eigenvalue weighted by molar-refractivity contribution is 7.26. The molecule has 11 aromatic rings. The van der Waals surface area contributed by atoms with Gasteiger partial charge in [0.15, 0.2) is 0 Å². The fourth-order valence-electron chi connectivity index (χ4n) is 9.43. The van der Waals surface area contributed by atoms with Crippen molar-refractivity contribution in [2.45, 2.75) is 0 Å². The van der Waals surface area contributed by atoms with Crippen molar-refractivity contribution in [2.75, 3.05) is 10.2 Å². The highest BCUT2D eigenvalue weighted by atomic mass is 32.1. The number of para-hydroxylation sites is 4. The molecule has 0 radical (unpaired) electrons. The fourth-order valence-corrected chi connectivity index (χ4v) is 10.6. The molecule has 0 spiro atoms. The molecular weight excluding hydrogens is 795 g/mol. The van der Waals surface area contributed by atoms with Crippen molar-refractivity contribution >= 4 is 87.2 Å². The van der Waals surface area contributed by atoms with Crippen molar-refractivity contribution in [1.82, 2.24) is 4.57 Å². The number of anilines is 4. The number of benzene rings is 9. The van der Waals surface area contributed by atoms with E-state index < -0.39 is 0 Å². The molecule has 1 aliphatic rings. The summed E-state index contributed by atoms with van der Waals surface area (Å²) in [5, 5.41) is 8.69. The third-order valence-corrected chi connectivity index (χ3v) is 13.7. The minimum absolute atomic E-state index is 0.949. The summed E-state index contributed by atoms with van der Waals surface area (Å²) in [6, 6.07) is 76.3. The van der Waals surface area contributed by atoms with Crippen LogP contribution in [0.2, 0.25) is 0 Å². The van der Waals surface area contributed by atoms with Gasteiger partial charge in [0, 0.05) is 60.6 Å². The summed E-state index contributed by atoms with van der Waals surface area (Å²) in [6.07, 6.45) is 6.69. The molecule has 9 aromatic carbocycles. The van der Waals surface area contributed by atoms with E-state index in [1.807, 2.05) is 17.4 Å². The lowest BCUT2D eigenvalue weighted by Gasteiger charge is -2.26. The molecule has 0 fully saturated rings. The van der Waals surface area contributed by atoms with Crippen molar-refractivity contribution < 1.29 is 0 Å². The van der Waals surface area contributed by atoms with E-state index in [9.17, 15) is 0 Å². The number of nitrogens with zero attached hydrogens (tertiary/aromatic N) is 2. The Morgan fingerprint density at radius 1 is 0.453 bits per heavy atom. The standard InChI is InChI=1S/C60H41N3S/c1-40-36-44(43-31-33-57-53(39-43)49-23-9-12-27-56(49)63(57)58-28-15-25-51-50-24-10-13-29-59(50)64-60(51)58)34-35-62(47-20-6-3-7-21-47)55-32-30-42(38-52(40)55)41-16-14-17-45(37-41)48-22-8-11-26-54(48)61-46-18-4-2-5-19-46/h2-39,61H,1H2/b35-34-,44-36+. The molecule has 4 heteroatoms. The van der Waals surface area contributed by atoms with Gasteiger partial charge in [-0.1, -0.05) is 140 Å². The lowest BCUT2D eigenvalue weighted by Crippen LogP contribution is -2.12. The summed E-state index contributed by atoms with van der Waals surface area (Å²) in [5.74, 6) is 0. The molecule has 0 amide bonds. The molecule has 3 nitrogen and oxygen atoms in total. The van der Waals surface area contributed by atoms with E-state index in [4.69, 9.17) is 6.58 Å². The van der Waals surface area contributed by atoms with Crippen LogP contribution in [0.1, 0.15) is 11.1 Å². The van der Waals surface area contributed by atoms with Gasteiger partial charge in [-0.15, -0.1) is 11.3 Å². The van der Waals surface area contributed by atoms with Crippen LogP contribution in [0, 0.1) is 0 Å². The second-order valence-corrected chi connectivity index (χ2v) is 17.4. The molecule has 0 aliphatic carbocycles. The Balaban J connectivity index is 0.965. The van der Waals surface area contributed by atoms with Crippen LogP contribution in [0.25, 0.3) is 81.1 Å². The Labute approximate surface area is 376 Å². The Bertz CT molecular complexity index is 3660. The second kappa shape index (κ2) is 15.6. The molecule has 0 saturated heterocycles. The normalized spacial score (nSPS) is 14.0. The molecule has 64 heavy (non-hydrogen) atoms. The smallest absolute Gasteiger partial charge is 0.0640 e. The van der Waals surface area contributed by atoms with Gasteiger partial charge >= 0.3 is 0 Å². The van der Waals surface area contributed by atoms with Crippen molar-refractivity contribution in [1.29, 1.82) is 0 Å². The van der Waals surface area contributed by atoms with Crippen molar-refractivity contribution in [3.63, 3.8) is 0 Å². The largest absolute Gasteiger partial charge is 0.355 e. The number of thiophene rings is 1. The van der Waals surface area contributed by atoms with Crippen molar-refractivity contribution in [3.05, 3.63) is 248 Å². The average molecular weight is 836 g/mol. The predicted molar refractivity (Wildman–Crippen MR) is 275 cm³/mol. The van der Waals surface area contributed by atoms with E-state index in [-0.39, 0.29) is 0 Å². The van der Waals surface area contributed by atoms with Crippen LogP contribution >= 0.6 is 11.3 Å². The number of nitrogens with one attached hydrogen (secondary N) is 1. The summed E-state index contributed by atoms with van der Waals surface area (Å²) in [4.78, 5) is 2.29. The molecule has 0 atom stereocenters. The molecule has 302 valence electrons. The van der Waals surface area contributed by atoms with Crippen LogP contribution < -0.4 is 10.2 Å². The third kappa shape index (κ3) is 6.51. The number of fused-ring (bicyclic) bond motifs is 7. The molecule has 12 rings (SSSR count). The minimum Gasteiger partial charge on any atom is -0.355 e. The van der Waals surface area contributed by atoms with Crippen molar-refractivity contribution in [2.24, 2.45) is 0 Å². The van der Waals surface area contributed by atoms with Gasteiger partial charge in [-0.2, -0.15) is 0 Å². The lowest BCUT2D eigenvalue weighted by molar-refractivity contribution is 1.20. The summed E-state index contributed by atoms with van der Waals surface area (Å²) >= 11 is 1.87. The Hall–Kier alpha value is -8.18. The number of aromatic nitrogens is 1. The van der Waals surface area contributed by atoms with E-state index in [0.717, 1.165) is 67.3 Å². The van der Waals surface area contributed by atoms with Crippen molar-refractivity contribution in [3.8, 4) is 27.9 Å². The summed E-state index contributed by atoms with van der Waals surface area (Å²) in [7, 11) is 0. The van der Waals surface area contributed by atoms with Gasteiger partial charge in [-0.05, 0) is 124 Å². The summed E-state index contributed by atoms with van der Waals surface area (Å²) in [5.41, 5.74) is 16.7. The second-order valence-electron chi connectivity index (χ2n) is 16.3. The molecule has 0 bridgehead atoms. The molecule has 1 N–H and O–H groups in total. The van der Waals surface area contributed by atoms with E-state index in [1.165, 1.54) is 47.7 Å². The summed E-state index contributed by atoms with van der Waals surface area (Å²) < 4.78 is 5.06. The Morgan fingerprint density at radius 3 is 2.03 bits per heavy atom. The zero-order valence-corrected chi connectivity index (χ0v) is 35.8. The minimum atomic E-state index is 0.949. The van der Waals surface area contributed by atoms with Gasteiger partial charge in [0.25, 0.3) is 0 Å². The predicted octanol–water partition coefficient (Wildman–Crippen LogP) is 17.0. The first-order valence-electron chi connectivity index (χ1n) is 21.7. The van der Waals surface area contributed by atoms with Crippen LogP contribution in [0.15, 0.2) is 237 Å².